The summed E-state index contributed by atoms with van der Waals surface area (Å²) in [5, 5.41) is 21.0. The van der Waals surface area contributed by atoms with Gasteiger partial charge in [0.1, 0.15) is 0 Å². The lowest BCUT2D eigenvalue weighted by Crippen LogP contribution is -2.38. The van der Waals surface area contributed by atoms with Gasteiger partial charge < -0.3 is 15.3 Å². The fourth-order valence-corrected chi connectivity index (χ4v) is 3.79. The molecular formula is C17H19N3O3. The van der Waals surface area contributed by atoms with E-state index < -0.39 is 11.4 Å². The zero-order chi connectivity index (χ0) is 16.4. The normalized spacial score (nSPS) is 25.7. The highest BCUT2D eigenvalue weighted by Crippen LogP contribution is 2.48. The topological polar surface area (TPSA) is 93.4 Å². The predicted octanol–water partition coefficient (Wildman–Crippen LogP) is 2.47. The van der Waals surface area contributed by atoms with E-state index in [1.165, 1.54) is 0 Å². The van der Waals surface area contributed by atoms with Crippen LogP contribution in [0.4, 0.5) is 10.5 Å². The molecule has 6 nitrogen and oxygen atoms in total. The van der Waals surface area contributed by atoms with E-state index in [0.717, 1.165) is 18.4 Å². The number of carbonyl (C=O) groups is 2. The number of carboxylic acids is 1. The molecule has 2 aliphatic rings. The number of rotatable bonds is 3. The number of nitrogens with zero attached hydrogens (tertiary/aromatic N) is 2. The van der Waals surface area contributed by atoms with Crippen LogP contribution in [0.3, 0.4) is 0 Å². The third kappa shape index (κ3) is 2.74. The summed E-state index contributed by atoms with van der Waals surface area (Å²) in [7, 11) is 0. The van der Waals surface area contributed by atoms with Crippen LogP contribution in [-0.2, 0) is 11.2 Å². The molecule has 3 rings (SSSR count). The standard InChI is InChI=1S/C17H19N3O3/c18-9-7-12-3-5-14(6-4-12)19-16(23)20-10-13-2-1-8-17(13,11-20)15(21)22/h3-6,13H,1-2,7-8,10-11H2,(H,19,23)(H,21,22)/t13-,17+/m0/s1. The molecule has 1 saturated carbocycles. The van der Waals surface area contributed by atoms with Crippen LogP contribution in [-0.4, -0.2) is 35.1 Å². The number of nitriles is 1. The summed E-state index contributed by atoms with van der Waals surface area (Å²) in [6.45, 7) is 0.788. The second-order valence-corrected chi connectivity index (χ2v) is 6.39. The number of carbonyl (C=O) groups excluding carboxylic acids is 1. The first kappa shape index (κ1) is 15.3. The minimum Gasteiger partial charge on any atom is -0.481 e. The number of aliphatic carboxylic acids is 1. The van der Waals surface area contributed by atoms with Crippen molar-refractivity contribution in [3.05, 3.63) is 29.8 Å². The summed E-state index contributed by atoms with van der Waals surface area (Å²) in [6.07, 6.45) is 2.79. The number of urea groups is 1. The highest BCUT2D eigenvalue weighted by molar-refractivity contribution is 5.90. The fraction of sp³-hybridized carbons (Fsp3) is 0.471. The molecule has 1 aliphatic carbocycles. The van der Waals surface area contributed by atoms with Crippen LogP contribution < -0.4 is 5.32 Å². The predicted molar refractivity (Wildman–Crippen MR) is 83.8 cm³/mol. The van der Waals surface area contributed by atoms with E-state index >= 15 is 0 Å². The number of hydrogen-bond acceptors (Lipinski definition) is 3. The van der Waals surface area contributed by atoms with Gasteiger partial charge in [0.25, 0.3) is 0 Å². The lowest BCUT2D eigenvalue weighted by Gasteiger charge is -2.23. The van der Waals surface area contributed by atoms with E-state index in [0.29, 0.717) is 25.1 Å². The lowest BCUT2D eigenvalue weighted by molar-refractivity contribution is -0.149. The Hall–Kier alpha value is -2.55. The van der Waals surface area contributed by atoms with Crippen LogP contribution in [0.2, 0.25) is 0 Å². The number of benzene rings is 1. The number of carboxylic acid groups (broad SMARTS) is 1. The van der Waals surface area contributed by atoms with Crippen molar-refractivity contribution in [3.63, 3.8) is 0 Å². The zero-order valence-electron chi connectivity index (χ0n) is 12.8. The van der Waals surface area contributed by atoms with Gasteiger partial charge in [-0.1, -0.05) is 18.6 Å². The summed E-state index contributed by atoms with van der Waals surface area (Å²) < 4.78 is 0. The minimum atomic E-state index is -0.781. The molecule has 1 aliphatic heterocycles. The molecule has 1 saturated heterocycles. The number of anilines is 1. The molecule has 1 aromatic rings. The van der Waals surface area contributed by atoms with Crippen molar-refractivity contribution in [2.75, 3.05) is 18.4 Å². The monoisotopic (exact) mass is 313 g/mol. The van der Waals surface area contributed by atoms with Gasteiger partial charge in [0, 0.05) is 18.8 Å². The van der Waals surface area contributed by atoms with Crippen molar-refractivity contribution < 1.29 is 14.7 Å². The van der Waals surface area contributed by atoms with Crippen molar-refractivity contribution in [2.45, 2.75) is 25.7 Å². The maximum absolute atomic E-state index is 12.4. The van der Waals surface area contributed by atoms with Gasteiger partial charge in [-0.05, 0) is 36.5 Å². The molecule has 2 atom stereocenters. The highest BCUT2D eigenvalue weighted by atomic mass is 16.4. The molecular weight excluding hydrogens is 294 g/mol. The zero-order valence-corrected chi connectivity index (χ0v) is 12.8. The van der Waals surface area contributed by atoms with E-state index in [2.05, 4.69) is 11.4 Å². The average molecular weight is 313 g/mol. The maximum atomic E-state index is 12.4. The first-order valence-corrected chi connectivity index (χ1v) is 7.80. The smallest absolute Gasteiger partial charge is 0.321 e. The Morgan fingerprint density at radius 3 is 2.74 bits per heavy atom. The number of hydrogen-bond donors (Lipinski definition) is 2. The molecule has 0 aromatic heterocycles. The Kier molecular flexibility index (Phi) is 3.95. The lowest BCUT2D eigenvalue weighted by atomic mass is 9.81. The van der Waals surface area contributed by atoms with E-state index in [9.17, 15) is 14.7 Å². The van der Waals surface area contributed by atoms with Crippen LogP contribution in [0.1, 0.15) is 24.8 Å². The largest absolute Gasteiger partial charge is 0.481 e. The van der Waals surface area contributed by atoms with Crippen molar-refractivity contribution in [1.29, 1.82) is 5.26 Å². The minimum absolute atomic E-state index is 0.0590. The van der Waals surface area contributed by atoms with Gasteiger partial charge >= 0.3 is 12.0 Å². The first-order chi connectivity index (χ1) is 11.0. The highest BCUT2D eigenvalue weighted by Gasteiger charge is 2.55. The van der Waals surface area contributed by atoms with Gasteiger partial charge in [0.2, 0.25) is 0 Å². The molecule has 1 heterocycles. The van der Waals surface area contributed by atoms with Crippen LogP contribution in [0.15, 0.2) is 24.3 Å². The van der Waals surface area contributed by atoms with E-state index in [1.54, 1.807) is 29.2 Å². The summed E-state index contributed by atoms with van der Waals surface area (Å²) in [6, 6.07) is 8.94. The Morgan fingerprint density at radius 1 is 1.39 bits per heavy atom. The molecule has 2 amide bonds. The van der Waals surface area contributed by atoms with E-state index in [1.807, 2.05) is 0 Å². The quantitative estimate of drug-likeness (QED) is 0.896. The number of amides is 2. The van der Waals surface area contributed by atoms with Crippen LogP contribution in [0, 0.1) is 22.7 Å². The molecule has 0 unspecified atom stereocenters. The van der Waals surface area contributed by atoms with Crippen molar-refractivity contribution in [2.24, 2.45) is 11.3 Å². The molecule has 23 heavy (non-hydrogen) atoms. The summed E-state index contributed by atoms with van der Waals surface area (Å²) in [4.78, 5) is 25.6. The molecule has 6 heteroatoms. The van der Waals surface area contributed by atoms with Crippen molar-refractivity contribution in [3.8, 4) is 6.07 Å². The van der Waals surface area contributed by atoms with Crippen LogP contribution in [0.5, 0.6) is 0 Å². The van der Waals surface area contributed by atoms with Gasteiger partial charge in [-0.3, -0.25) is 4.79 Å². The molecule has 2 fully saturated rings. The number of likely N-dealkylation sites (tertiary alicyclic amines) is 1. The molecule has 120 valence electrons. The maximum Gasteiger partial charge on any atom is 0.321 e. The Bertz CT molecular complexity index is 665. The van der Waals surface area contributed by atoms with Gasteiger partial charge in [-0.15, -0.1) is 0 Å². The van der Waals surface area contributed by atoms with Crippen LogP contribution >= 0.6 is 0 Å². The second kappa shape index (κ2) is 5.92. The van der Waals surface area contributed by atoms with Gasteiger partial charge in [0.15, 0.2) is 0 Å². The van der Waals surface area contributed by atoms with E-state index in [4.69, 9.17) is 5.26 Å². The molecule has 2 N–H and O–H groups in total. The third-order valence-electron chi connectivity index (χ3n) is 5.07. The van der Waals surface area contributed by atoms with Gasteiger partial charge in [-0.25, -0.2) is 4.79 Å². The third-order valence-corrected chi connectivity index (χ3v) is 5.07. The fourth-order valence-electron chi connectivity index (χ4n) is 3.79. The number of fused-ring (bicyclic) bond motifs is 1. The Labute approximate surface area is 134 Å². The number of nitrogens with one attached hydrogen (secondary N) is 1. The van der Waals surface area contributed by atoms with Crippen LogP contribution in [0.25, 0.3) is 0 Å². The first-order valence-electron chi connectivity index (χ1n) is 7.80. The SMILES string of the molecule is N#CCc1ccc(NC(=O)N2C[C@@H]3CCC[C@@]3(C(=O)O)C2)cc1. The summed E-state index contributed by atoms with van der Waals surface area (Å²) in [5.41, 5.74) is 0.790. The summed E-state index contributed by atoms with van der Waals surface area (Å²) >= 11 is 0. The molecule has 0 radical (unpaired) electrons. The molecule has 1 aromatic carbocycles. The van der Waals surface area contributed by atoms with Crippen molar-refractivity contribution >= 4 is 17.7 Å². The molecule has 0 bridgehead atoms. The van der Waals surface area contributed by atoms with Gasteiger partial charge in [-0.2, -0.15) is 5.26 Å². The van der Waals surface area contributed by atoms with E-state index in [-0.39, 0.29) is 18.5 Å². The van der Waals surface area contributed by atoms with Crippen molar-refractivity contribution in [1.82, 2.24) is 4.90 Å². The summed E-state index contributed by atoms with van der Waals surface area (Å²) in [5.74, 6) is -0.722. The Morgan fingerprint density at radius 2 is 2.13 bits per heavy atom. The second-order valence-electron chi connectivity index (χ2n) is 6.39. The van der Waals surface area contributed by atoms with Gasteiger partial charge in [0.05, 0.1) is 17.9 Å². The molecule has 0 spiro atoms. The Balaban J connectivity index is 1.66. The average Bonchev–Trinajstić information content (AvgIpc) is 3.07.